The first-order chi connectivity index (χ1) is 7.20. The van der Waals surface area contributed by atoms with E-state index < -0.39 is 6.10 Å². The number of hydrogen-bond donors (Lipinski definition) is 1. The number of pyridine rings is 1. The first-order valence-corrected chi connectivity index (χ1v) is 6.25. The summed E-state index contributed by atoms with van der Waals surface area (Å²) in [7, 11) is 0. The molecular formula is C11H10BrNOS. The van der Waals surface area contributed by atoms with E-state index in [1.165, 1.54) is 0 Å². The number of rotatable bonds is 2. The Morgan fingerprint density at radius 2 is 2.20 bits per heavy atom. The molecule has 0 saturated carbocycles. The lowest BCUT2D eigenvalue weighted by atomic mass is 10.0. The smallest absolute Gasteiger partial charge is 0.108 e. The van der Waals surface area contributed by atoms with Gasteiger partial charge in [0.2, 0.25) is 0 Å². The number of hydrogen-bond acceptors (Lipinski definition) is 3. The molecule has 1 atom stereocenters. The van der Waals surface area contributed by atoms with E-state index in [2.05, 4.69) is 20.9 Å². The number of aliphatic hydroxyl groups excluding tert-OH is 1. The fraction of sp³-hybridized carbons (Fsp3) is 0.182. The van der Waals surface area contributed by atoms with Crippen LogP contribution < -0.4 is 0 Å². The molecule has 0 aliphatic heterocycles. The summed E-state index contributed by atoms with van der Waals surface area (Å²) in [6.07, 6.45) is 1.13. The minimum absolute atomic E-state index is 0.598. The third kappa shape index (κ3) is 2.12. The Kier molecular flexibility index (Phi) is 3.19. The van der Waals surface area contributed by atoms with Gasteiger partial charge in [-0.2, -0.15) is 11.3 Å². The topological polar surface area (TPSA) is 33.1 Å². The molecule has 4 heteroatoms. The maximum absolute atomic E-state index is 10.2. The highest BCUT2D eigenvalue weighted by molar-refractivity contribution is 9.10. The molecular weight excluding hydrogens is 274 g/mol. The summed E-state index contributed by atoms with van der Waals surface area (Å²) in [6, 6.07) is 3.74. The summed E-state index contributed by atoms with van der Waals surface area (Å²) in [5.41, 5.74) is 2.62. The van der Waals surface area contributed by atoms with E-state index >= 15 is 0 Å². The van der Waals surface area contributed by atoms with Gasteiger partial charge in [-0.25, -0.2) is 0 Å². The van der Waals surface area contributed by atoms with Crippen LogP contribution in [0.1, 0.15) is 22.9 Å². The predicted octanol–water partition coefficient (Wildman–Crippen LogP) is 3.30. The summed E-state index contributed by atoms with van der Waals surface area (Å²) in [5, 5.41) is 14.1. The van der Waals surface area contributed by atoms with Crippen molar-refractivity contribution in [1.82, 2.24) is 4.98 Å². The van der Waals surface area contributed by atoms with Crippen molar-refractivity contribution in [2.24, 2.45) is 0 Å². The maximum atomic E-state index is 10.2. The van der Waals surface area contributed by atoms with Crippen LogP contribution in [0.3, 0.4) is 0 Å². The van der Waals surface area contributed by atoms with Crippen LogP contribution in [0, 0.1) is 6.92 Å². The van der Waals surface area contributed by atoms with Gasteiger partial charge in [-0.05, 0) is 34.3 Å². The molecule has 0 aliphatic carbocycles. The third-order valence-electron chi connectivity index (χ3n) is 2.28. The molecule has 1 N–H and O–H groups in total. The number of aryl methyl sites for hydroxylation is 1. The fourth-order valence-electron chi connectivity index (χ4n) is 1.44. The first kappa shape index (κ1) is 10.8. The van der Waals surface area contributed by atoms with E-state index in [1.807, 2.05) is 29.8 Å². The molecule has 2 aromatic heterocycles. The number of thiophene rings is 1. The SMILES string of the molecule is Cc1ncccc1C(O)c1cscc1Br. The minimum atomic E-state index is -0.598. The zero-order valence-corrected chi connectivity index (χ0v) is 10.5. The van der Waals surface area contributed by atoms with Gasteiger partial charge < -0.3 is 5.11 Å². The molecule has 2 rings (SSSR count). The number of aliphatic hydroxyl groups is 1. The minimum Gasteiger partial charge on any atom is -0.384 e. The van der Waals surface area contributed by atoms with Crippen molar-refractivity contribution >= 4 is 27.3 Å². The zero-order valence-electron chi connectivity index (χ0n) is 8.14. The summed E-state index contributed by atoms with van der Waals surface area (Å²) >= 11 is 4.99. The van der Waals surface area contributed by atoms with Gasteiger partial charge in [0.15, 0.2) is 0 Å². The second-order valence-corrected chi connectivity index (χ2v) is 4.85. The zero-order chi connectivity index (χ0) is 10.8. The molecule has 2 heterocycles. The Balaban J connectivity index is 2.41. The van der Waals surface area contributed by atoms with Crippen LogP contribution in [0.2, 0.25) is 0 Å². The quantitative estimate of drug-likeness (QED) is 0.918. The molecule has 15 heavy (non-hydrogen) atoms. The van der Waals surface area contributed by atoms with Crippen LogP contribution in [0.4, 0.5) is 0 Å². The first-order valence-electron chi connectivity index (χ1n) is 4.51. The van der Waals surface area contributed by atoms with Crippen molar-refractivity contribution in [3.63, 3.8) is 0 Å². The van der Waals surface area contributed by atoms with Crippen molar-refractivity contribution in [3.05, 3.63) is 50.4 Å². The van der Waals surface area contributed by atoms with Gasteiger partial charge >= 0.3 is 0 Å². The largest absolute Gasteiger partial charge is 0.384 e. The second-order valence-electron chi connectivity index (χ2n) is 3.26. The molecule has 0 saturated heterocycles. The van der Waals surface area contributed by atoms with E-state index in [1.54, 1.807) is 17.5 Å². The van der Waals surface area contributed by atoms with Crippen LogP contribution in [-0.4, -0.2) is 10.1 Å². The normalized spacial score (nSPS) is 12.7. The van der Waals surface area contributed by atoms with Crippen LogP contribution in [0.25, 0.3) is 0 Å². The summed E-state index contributed by atoms with van der Waals surface area (Å²) in [5.74, 6) is 0. The molecule has 2 nitrogen and oxygen atoms in total. The summed E-state index contributed by atoms with van der Waals surface area (Å²) < 4.78 is 0.947. The number of halogens is 1. The van der Waals surface area contributed by atoms with Crippen LogP contribution in [0.15, 0.2) is 33.6 Å². The molecule has 0 fully saturated rings. The highest BCUT2D eigenvalue weighted by atomic mass is 79.9. The molecule has 1 unspecified atom stereocenters. The van der Waals surface area contributed by atoms with Crippen molar-refractivity contribution < 1.29 is 5.11 Å². The average molecular weight is 284 g/mol. The Labute approximate surface area is 101 Å². The van der Waals surface area contributed by atoms with Crippen molar-refractivity contribution in [1.29, 1.82) is 0 Å². The molecule has 2 aromatic rings. The molecule has 0 amide bonds. The lowest BCUT2D eigenvalue weighted by molar-refractivity contribution is 0.219. The Hall–Kier alpha value is -0.710. The standard InChI is InChI=1S/C11H10BrNOS/c1-7-8(3-2-4-13-7)11(14)9-5-15-6-10(9)12/h2-6,11,14H,1H3. The van der Waals surface area contributed by atoms with Crippen LogP contribution >= 0.6 is 27.3 Å². The summed E-state index contributed by atoms with van der Waals surface area (Å²) in [4.78, 5) is 4.17. The Morgan fingerprint density at radius 1 is 1.40 bits per heavy atom. The number of aromatic nitrogens is 1. The predicted molar refractivity (Wildman–Crippen MR) is 65.1 cm³/mol. The number of nitrogens with zero attached hydrogens (tertiary/aromatic N) is 1. The van der Waals surface area contributed by atoms with Gasteiger partial charge in [0.1, 0.15) is 6.10 Å². The molecule has 0 spiro atoms. The summed E-state index contributed by atoms with van der Waals surface area (Å²) in [6.45, 7) is 1.90. The molecule has 0 radical (unpaired) electrons. The van der Waals surface area contributed by atoms with Gasteiger partial charge in [-0.3, -0.25) is 4.98 Å². The molecule has 0 aliphatic rings. The Bertz CT molecular complexity index is 469. The van der Waals surface area contributed by atoms with E-state index in [0.29, 0.717) is 0 Å². The van der Waals surface area contributed by atoms with Crippen LogP contribution in [0.5, 0.6) is 0 Å². The lowest BCUT2D eigenvalue weighted by Crippen LogP contribution is -2.02. The van der Waals surface area contributed by atoms with E-state index in [0.717, 1.165) is 21.3 Å². The van der Waals surface area contributed by atoms with Crippen molar-refractivity contribution in [2.75, 3.05) is 0 Å². The van der Waals surface area contributed by atoms with E-state index in [9.17, 15) is 5.11 Å². The highest BCUT2D eigenvalue weighted by Gasteiger charge is 2.16. The lowest BCUT2D eigenvalue weighted by Gasteiger charge is -2.12. The molecule has 78 valence electrons. The molecule has 0 bridgehead atoms. The maximum Gasteiger partial charge on any atom is 0.108 e. The van der Waals surface area contributed by atoms with Crippen molar-refractivity contribution in [3.8, 4) is 0 Å². The van der Waals surface area contributed by atoms with Gasteiger partial charge in [-0.1, -0.05) is 6.07 Å². The van der Waals surface area contributed by atoms with E-state index in [4.69, 9.17) is 0 Å². The van der Waals surface area contributed by atoms with Gasteiger partial charge in [0, 0.05) is 32.9 Å². The molecule has 0 aromatic carbocycles. The fourth-order valence-corrected chi connectivity index (χ4v) is 2.97. The van der Waals surface area contributed by atoms with Crippen LogP contribution in [-0.2, 0) is 0 Å². The van der Waals surface area contributed by atoms with Gasteiger partial charge in [0.25, 0.3) is 0 Å². The highest BCUT2D eigenvalue weighted by Crippen LogP contribution is 2.32. The van der Waals surface area contributed by atoms with E-state index in [-0.39, 0.29) is 0 Å². The van der Waals surface area contributed by atoms with Gasteiger partial charge in [-0.15, -0.1) is 0 Å². The third-order valence-corrected chi connectivity index (χ3v) is 4.03. The second kappa shape index (κ2) is 4.43. The average Bonchev–Trinajstić information content (AvgIpc) is 2.64. The van der Waals surface area contributed by atoms with Crippen molar-refractivity contribution in [2.45, 2.75) is 13.0 Å². The Morgan fingerprint density at radius 3 is 2.80 bits per heavy atom. The monoisotopic (exact) mass is 283 g/mol. The van der Waals surface area contributed by atoms with Gasteiger partial charge in [0.05, 0.1) is 0 Å².